The molecule has 0 heterocycles. The first-order valence-electron chi connectivity index (χ1n) is 9.42. The standard InChI is InChI=1S/C22H36O3/c1-9-10-19(23)25-15(2)11-12-16-13-17(21(3,4)5)20(24)18(14-16)22(6,7)8/h13-15,24H,9-12H2,1-8H3. The molecule has 3 nitrogen and oxygen atoms in total. The highest BCUT2D eigenvalue weighted by Gasteiger charge is 2.26. The SMILES string of the molecule is CCCC(=O)OC(C)CCc1cc(C(C)(C)C)c(O)c(C(C)(C)C)c1. The van der Waals surface area contributed by atoms with E-state index in [9.17, 15) is 9.90 Å². The van der Waals surface area contributed by atoms with Gasteiger partial charge in [0.1, 0.15) is 5.75 Å². The Morgan fingerprint density at radius 2 is 1.56 bits per heavy atom. The molecule has 0 saturated heterocycles. The van der Waals surface area contributed by atoms with Gasteiger partial charge in [-0.3, -0.25) is 4.79 Å². The van der Waals surface area contributed by atoms with Crippen LogP contribution in [0.5, 0.6) is 5.75 Å². The van der Waals surface area contributed by atoms with E-state index in [0.29, 0.717) is 12.2 Å². The van der Waals surface area contributed by atoms with Gasteiger partial charge >= 0.3 is 5.97 Å². The fraction of sp³-hybridized carbons (Fsp3) is 0.682. The van der Waals surface area contributed by atoms with E-state index in [1.165, 1.54) is 5.56 Å². The van der Waals surface area contributed by atoms with E-state index in [2.05, 4.69) is 53.7 Å². The number of ether oxygens (including phenoxy) is 1. The minimum absolute atomic E-state index is 0.0935. The Kier molecular flexibility index (Phi) is 7.10. The first kappa shape index (κ1) is 21.5. The van der Waals surface area contributed by atoms with Gasteiger partial charge in [0.25, 0.3) is 0 Å². The van der Waals surface area contributed by atoms with Crippen molar-refractivity contribution < 1.29 is 14.6 Å². The lowest BCUT2D eigenvalue weighted by atomic mass is 9.78. The summed E-state index contributed by atoms with van der Waals surface area (Å²) in [7, 11) is 0. The average Bonchev–Trinajstić information content (AvgIpc) is 2.43. The van der Waals surface area contributed by atoms with Crippen LogP contribution in [0.1, 0.15) is 91.3 Å². The molecule has 0 amide bonds. The highest BCUT2D eigenvalue weighted by molar-refractivity contribution is 5.69. The Bertz CT molecular complexity index is 553. The van der Waals surface area contributed by atoms with Crippen LogP contribution in [0.3, 0.4) is 0 Å². The number of hydrogen-bond donors (Lipinski definition) is 1. The number of aromatic hydroxyl groups is 1. The molecule has 0 aliphatic rings. The van der Waals surface area contributed by atoms with Crippen LogP contribution in [-0.2, 0) is 26.8 Å². The molecule has 0 aliphatic carbocycles. The third-order valence-corrected chi connectivity index (χ3v) is 4.41. The van der Waals surface area contributed by atoms with Crippen LogP contribution in [0.15, 0.2) is 12.1 Å². The Morgan fingerprint density at radius 1 is 1.08 bits per heavy atom. The lowest BCUT2D eigenvalue weighted by Crippen LogP contribution is -2.19. The Balaban J connectivity index is 3.02. The van der Waals surface area contributed by atoms with Crippen molar-refractivity contribution in [3.05, 3.63) is 28.8 Å². The lowest BCUT2D eigenvalue weighted by Gasteiger charge is -2.28. The van der Waals surface area contributed by atoms with Crippen molar-refractivity contribution >= 4 is 5.97 Å². The molecule has 3 heteroatoms. The van der Waals surface area contributed by atoms with E-state index in [1.807, 2.05) is 13.8 Å². The maximum Gasteiger partial charge on any atom is 0.306 e. The maximum absolute atomic E-state index is 11.6. The Morgan fingerprint density at radius 3 is 1.96 bits per heavy atom. The van der Waals surface area contributed by atoms with Gasteiger partial charge in [0, 0.05) is 6.42 Å². The van der Waals surface area contributed by atoms with E-state index < -0.39 is 0 Å². The minimum Gasteiger partial charge on any atom is -0.507 e. The largest absolute Gasteiger partial charge is 0.507 e. The molecule has 0 spiro atoms. The molecule has 0 aliphatic heterocycles. The molecule has 0 bridgehead atoms. The van der Waals surface area contributed by atoms with Gasteiger partial charge in [-0.2, -0.15) is 0 Å². The fourth-order valence-corrected chi connectivity index (χ4v) is 2.90. The number of carbonyl (C=O) groups is 1. The molecule has 1 N–H and O–H groups in total. The summed E-state index contributed by atoms with van der Waals surface area (Å²) in [6, 6.07) is 4.20. The summed E-state index contributed by atoms with van der Waals surface area (Å²) in [5.41, 5.74) is 2.89. The predicted octanol–water partition coefficient (Wildman–Crippen LogP) is 5.65. The maximum atomic E-state index is 11.6. The lowest BCUT2D eigenvalue weighted by molar-refractivity contribution is -0.148. The van der Waals surface area contributed by atoms with Gasteiger partial charge in [-0.25, -0.2) is 0 Å². The van der Waals surface area contributed by atoms with Gasteiger partial charge in [-0.15, -0.1) is 0 Å². The summed E-state index contributed by atoms with van der Waals surface area (Å²) in [5, 5.41) is 10.8. The molecular weight excluding hydrogens is 312 g/mol. The quantitative estimate of drug-likeness (QED) is 0.676. The molecule has 0 radical (unpaired) electrons. The second-order valence-corrected chi connectivity index (χ2v) is 9.13. The highest BCUT2D eigenvalue weighted by Crippen LogP contribution is 2.40. The molecule has 1 atom stereocenters. The summed E-state index contributed by atoms with van der Waals surface area (Å²) in [5.74, 6) is 0.289. The van der Waals surface area contributed by atoms with E-state index in [0.717, 1.165) is 30.4 Å². The summed E-state index contributed by atoms with van der Waals surface area (Å²) in [6.07, 6.45) is 2.81. The molecular formula is C22H36O3. The number of phenols is 1. The first-order valence-corrected chi connectivity index (χ1v) is 9.42. The Hall–Kier alpha value is -1.51. The highest BCUT2D eigenvalue weighted by atomic mass is 16.5. The summed E-state index contributed by atoms with van der Waals surface area (Å²) in [6.45, 7) is 16.6. The van der Waals surface area contributed by atoms with Gasteiger partial charge in [-0.05, 0) is 53.7 Å². The number of benzene rings is 1. The van der Waals surface area contributed by atoms with Crippen molar-refractivity contribution in [3.63, 3.8) is 0 Å². The van der Waals surface area contributed by atoms with E-state index in [-0.39, 0.29) is 22.9 Å². The van der Waals surface area contributed by atoms with Gasteiger partial charge in [-0.1, -0.05) is 60.6 Å². The van der Waals surface area contributed by atoms with Crippen molar-refractivity contribution in [1.29, 1.82) is 0 Å². The topological polar surface area (TPSA) is 46.5 Å². The van der Waals surface area contributed by atoms with Crippen molar-refractivity contribution in [3.8, 4) is 5.75 Å². The van der Waals surface area contributed by atoms with Crippen LogP contribution < -0.4 is 0 Å². The minimum atomic E-state index is -0.126. The first-order chi connectivity index (χ1) is 11.4. The third-order valence-electron chi connectivity index (χ3n) is 4.41. The molecule has 25 heavy (non-hydrogen) atoms. The molecule has 1 aromatic carbocycles. The van der Waals surface area contributed by atoms with E-state index in [4.69, 9.17) is 4.74 Å². The smallest absolute Gasteiger partial charge is 0.306 e. The zero-order valence-electron chi connectivity index (χ0n) is 17.3. The molecule has 1 unspecified atom stereocenters. The second-order valence-electron chi connectivity index (χ2n) is 9.13. The number of carbonyl (C=O) groups excluding carboxylic acids is 1. The Labute approximate surface area is 153 Å². The zero-order valence-corrected chi connectivity index (χ0v) is 17.3. The number of phenolic OH excluding ortho intramolecular Hbond substituents is 1. The molecule has 0 aromatic heterocycles. The second kappa shape index (κ2) is 8.25. The van der Waals surface area contributed by atoms with Crippen molar-refractivity contribution in [1.82, 2.24) is 0 Å². The molecule has 142 valence electrons. The van der Waals surface area contributed by atoms with Crippen molar-refractivity contribution in [2.24, 2.45) is 0 Å². The van der Waals surface area contributed by atoms with Crippen LogP contribution in [-0.4, -0.2) is 17.2 Å². The average molecular weight is 349 g/mol. The van der Waals surface area contributed by atoms with Crippen LogP contribution in [0, 0.1) is 0 Å². The summed E-state index contributed by atoms with van der Waals surface area (Å²) < 4.78 is 5.44. The monoisotopic (exact) mass is 348 g/mol. The van der Waals surface area contributed by atoms with Gasteiger partial charge in [0.15, 0.2) is 0 Å². The molecule has 0 saturated carbocycles. The van der Waals surface area contributed by atoms with Gasteiger partial charge < -0.3 is 9.84 Å². The molecule has 1 rings (SSSR count). The number of esters is 1. The zero-order chi connectivity index (χ0) is 19.4. The van der Waals surface area contributed by atoms with Crippen LogP contribution in [0.4, 0.5) is 0 Å². The van der Waals surface area contributed by atoms with Crippen molar-refractivity contribution in [2.45, 2.75) is 98.0 Å². The van der Waals surface area contributed by atoms with Crippen molar-refractivity contribution in [2.75, 3.05) is 0 Å². The van der Waals surface area contributed by atoms with E-state index in [1.54, 1.807) is 0 Å². The van der Waals surface area contributed by atoms with E-state index >= 15 is 0 Å². The number of rotatable bonds is 6. The number of aryl methyl sites for hydroxylation is 1. The number of hydrogen-bond acceptors (Lipinski definition) is 3. The summed E-state index contributed by atoms with van der Waals surface area (Å²) >= 11 is 0. The van der Waals surface area contributed by atoms with Gasteiger partial charge in [0.2, 0.25) is 0 Å². The summed E-state index contributed by atoms with van der Waals surface area (Å²) in [4.78, 5) is 11.6. The van der Waals surface area contributed by atoms with Crippen LogP contribution in [0.2, 0.25) is 0 Å². The molecule has 0 fully saturated rings. The van der Waals surface area contributed by atoms with Gasteiger partial charge in [0.05, 0.1) is 6.10 Å². The fourth-order valence-electron chi connectivity index (χ4n) is 2.90. The predicted molar refractivity (Wildman–Crippen MR) is 104 cm³/mol. The van der Waals surface area contributed by atoms with Crippen LogP contribution >= 0.6 is 0 Å². The normalized spacial score (nSPS) is 13.6. The third kappa shape index (κ3) is 6.37. The molecule has 1 aromatic rings. The van der Waals surface area contributed by atoms with Crippen LogP contribution in [0.25, 0.3) is 0 Å².